The molecule has 7 heteroatoms. The first-order valence-corrected chi connectivity index (χ1v) is 9.40. The Balaban J connectivity index is 1.91. The number of ether oxygens (including phenoxy) is 2. The number of rotatable bonds is 8. The average Bonchev–Trinajstić information content (AvgIpc) is 3.02. The van der Waals surface area contributed by atoms with Gasteiger partial charge in [0.25, 0.3) is 5.91 Å². The minimum atomic E-state index is -1.07. The van der Waals surface area contributed by atoms with Crippen LogP contribution >= 0.6 is 0 Å². The SMILES string of the molecule is C=CCOc1ccc(/C=C2/C(=O)N(c3cccc(C(=O)O)c3)N=C2C)cc1OCC. The molecule has 0 fully saturated rings. The summed E-state index contributed by atoms with van der Waals surface area (Å²) in [4.78, 5) is 24.2. The summed E-state index contributed by atoms with van der Waals surface area (Å²) in [5.41, 5.74) is 2.18. The van der Waals surface area contributed by atoms with Crippen molar-refractivity contribution < 1.29 is 24.2 Å². The Hall–Kier alpha value is -3.87. The van der Waals surface area contributed by atoms with Crippen LogP contribution in [-0.2, 0) is 4.79 Å². The maximum absolute atomic E-state index is 12.9. The number of anilines is 1. The van der Waals surface area contributed by atoms with Crippen LogP contribution in [0.15, 0.2) is 65.8 Å². The molecule has 0 bridgehead atoms. The van der Waals surface area contributed by atoms with E-state index in [-0.39, 0.29) is 11.5 Å². The summed E-state index contributed by atoms with van der Waals surface area (Å²) in [5, 5.41) is 14.7. The topological polar surface area (TPSA) is 88.4 Å². The van der Waals surface area contributed by atoms with Gasteiger partial charge < -0.3 is 14.6 Å². The van der Waals surface area contributed by atoms with E-state index in [1.54, 1.807) is 43.3 Å². The lowest BCUT2D eigenvalue weighted by Crippen LogP contribution is -2.21. The highest BCUT2D eigenvalue weighted by atomic mass is 16.5. The molecule has 1 heterocycles. The molecule has 3 rings (SSSR count). The summed E-state index contributed by atoms with van der Waals surface area (Å²) < 4.78 is 11.3. The Morgan fingerprint density at radius 1 is 1.20 bits per heavy atom. The molecule has 0 radical (unpaired) electrons. The molecule has 2 aromatic rings. The van der Waals surface area contributed by atoms with Gasteiger partial charge in [0, 0.05) is 0 Å². The van der Waals surface area contributed by atoms with Crippen LogP contribution in [0, 0.1) is 0 Å². The van der Waals surface area contributed by atoms with Gasteiger partial charge in [0.05, 0.1) is 29.1 Å². The fraction of sp³-hybridized carbons (Fsp3) is 0.174. The molecule has 0 aromatic heterocycles. The second-order valence-corrected chi connectivity index (χ2v) is 6.45. The number of hydrogen-bond acceptors (Lipinski definition) is 5. The van der Waals surface area contributed by atoms with Crippen LogP contribution in [0.3, 0.4) is 0 Å². The van der Waals surface area contributed by atoms with Crippen molar-refractivity contribution in [3.05, 3.63) is 71.8 Å². The van der Waals surface area contributed by atoms with E-state index in [2.05, 4.69) is 11.7 Å². The van der Waals surface area contributed by atoms with Gasteiger partial charge >= 0.3 is 5.97 Å². The Morgan fingerprint density at radius 3 is 2.70 bits per heavy atom. The zero-order valence-electron chi connectivity index (χ0n) is 16.8. The van der Waals surface area contributed by atoms with Crippen molar-refractivity contribution in [2.45, 2.75) is 13.8 Å². The first kappa shape index (κ1) is 20.9. The van der Waals surface area contributed by atoms with Gasteiger partial charge in [-0.1, -0.05) is 24.8 Å². The highest BCUT2D eigenvalue weighted by molar-refractivity contribution is 6.32. The summed E-state index contributed by atoms with van der Waals surface area (Å²) in [5.74, 6) is -0.240. The van der Waals surface area contributed by atoms with Crippen LogP contribution in [-0.4, -0.2) is 35.9 Å². The van der Waals surface area contributed by atoms with Crippen molar-refractivity contribution in [1.29, 1.82) is 0 Å². The first-order valence-electron chi connectivity index (χ1n) is 9.40. The monoisotopic (exact) mass is 406 g/mol. The van der Waals surface area contributed by atoms with Crippen molar-refractivity contribution in [3.8, 4) is 11.5 Å². The molecule has 30 heavy (non-hydrogen) atoms. The normalized spacial score (nSPS) is 14.6. The smallest absolute Gasteiger partial charge is 0.335 e. The van der Waals surface area contributed by atoms with Crippen LogP contribution in [0.1, 0.15) is 29.8 Å². The van der Waals surface area contributed by atoms with E-state index in [4.69, 9.17) is 9.47 Å². The third-order valence-electron chi connectivity index (χ3n) is 4.34. The fourth-order valence-electron chi connectivity index (χ4n) is 2.95. The van der Waals surface area contributed by atoms with Crippen molar-refractivity contribution in [3.63, 3.8) is 0 Å². The van der Waals surface area contributed by atoms with E-state index in [1.807, 2.05) is 13.0 Å². The fourth-order valence-corrected chi connectivity index (χ4v) is 2.95. The molecular weight excluding hydrogens is 384 g/mol. The zero-order chi connectivity index (χ0) is 21.7. The maximum Gasteiger partial charge on any atom is 0.335 e. The van der Waals surface area contributed by atoms with Crippen LogP contribution < -0.4 is 14.5 Å². The molecule has 7 nitrogen and oxygen atoms in total. The van der Waals surface area contributed by atoms with Crippen molar-refractivity contribution in [2.75, 3.05) is 18.2 Å². The predicted molar refractivity (Wildman–Crippen MR) is 115 cm³/mol. The third kappa shape index (κ3) is 4.41. The van der Waals surface area contributed by atoms with Crippen molar-refractivity contribution in [2.24, 2.45) is 5.10 Å². The number of aromatic carboxylic acids is 1. The molecule has 2 aromatic carbocycles. The molecule has 1 aliphatic heterocycles. The van der Waals surface area contributed by atoms with Gasteiger partial charge in [0.15, 0.2) is 11.5 Å². The summed E-state index contributed by atoms with van der Waals surface area (Å²) >= 11 is 0. The molecule has 154 valence electrons. The summed E-state index contributed by atoms with van der Waals surface area (Å²) in [6, 6.07) is 11.5. The van der Waals surface area contributed by atoms with E-state index in [0.717, 1.165) is 5.56 Å². The molecule has 0 saturated carbocycles. The van der Waals surface area contributed by atoms with Crippen LogP contribution in [0.25, 0.3) is 6.08 Å². The maximum atomic E-state index is 12.9. The third-order valence-corrected chi connectivity index (χ3v) is 4.34. The summed E-state index contributed by atoms with van der Waals surface area (Å²) in [6.07, 6.45) is 3.37. The van der Waals surface area contributed by atoms with Gasteiger partial charge in [0.1, 0.15) is 6.61 Å². The van der Waals surface area contributed by atoms with Crippen molar-refractivity contribution >= 4 is 29.4 Å². The lowest BCUT2D eigenvalue weighted by Gasteiger charge is -2.13. The number of nitrogens with zero attached hydrogens (tertiary/aromatic N) is 2. The molecule has 1 N–H and O–H groups in total. The Labute approximate surface area is 174 Å². The lowest BCUT2D eigenvalue weighted by molar-refractivity contribution is -0.114. The van der Waals surface area contributed by atoms with E-state index in [9.17, 15) is 14.7 Å². The van der Waals surface area contributed by atoms with Crippen molar-refractivity contribution in [1.82, 2.24) is 0 Å². The molecule has 1 aliphatic rings. The van der Waals surface area contributed by atoms with E-state index >= 15 is 0 Å². The van der Waals surface area contributed by atoms with Gasteiger partial charge in [-0.15, -0.1) is 0 Å². The van der Waals surface area contributed by atoms with E-state index in [1.165, 1.54) is 17.1 Å². The molecule has 0 spiro atoms. The minimum Gasteiger partial charge on any atom is -0.490 e. The van der Waals surface area contributed by atoms with Crippen LogP contribution in [0.5, 0.6) is 11.5 Å². The number of hydrogen-bond donors (Lipinski definition) is 1. The first-order chi connectivity index (χ1) is 14.4. The van der Waals surface area contributed by atoms with Gasteiger partial charge in [-0.05, 0) is 55.8 Å². The molecular formula is C23H22N2O5. The number of carbonyl (C=O) groups excluding carboxylic acids is 1. The number of hydrazone groups is 1. The lowest BCUT2D eigenvalue weighted by atomic mass is 10.1. The summed E-state index contributed by atoms with van der Waals surface area (Å²) in [7, 11) is 0. The van der Waals surface area contributed by atoms with E-state index < -0.39 is 5.97 Å². The standard InChI is InChI=1S/C23H22N2O5/c1-4-11-30-20-10-9-16(13-21(20)29-5-2)12-19-15(3)24-25(22(19)26)18-8-6-7-17(14-18)23(27)28/h4,6-10,12-14H,1,5,11H2,2-3H3,(H,27,28)/b19-12+. The van der Waals surface area contributed by atoms with Gasteiger partial charge in [-0.2, -0.15) is 10.1 Å². The zero-order valence-corrected chi connectivity index (χ0v) is 16.8. The minimum absolute atomic E-state index is 0.0852. The van der Waals surface area contributed by atoms with Crippen LogP contribution in [0.4, 0.5) is 5.69 Å². The number of carboxylic acid groups (broad SMARTS) is 1. The van der Waals surface area contributed by atoms with Gasteiger partial charge in [-0.3, -0.25) is 4.79 Å². The molecule has 1 amide bonds. The highest BCUT2D eigenvalue weighted by Gasteiger charge is 2.29. The highest BCUT2D eigenvalue weighted by Crippen LogP contribution is 2.31. The number of carboxylic acids is 1. The largest absolute Gasteiger partial charge is 0.490 e. The second kappa shape index (κ2) is 9.09. The number of benzene rings is 2. The average molecular weight is 406 g/mol. The predicted octanol–water partition coefficient (Wildman–Crippen LogP) is 4.15. The summed E-state index contributed by atoms with van der Waals surface area (Å²) in [6.45, 7) is 8.07. The Kier molecular flexibility index (Phi) is 6.32. The Bertz CT molecular complexity index is 1060. The quantitative estimate of drug-likeness (QED) is 0.525. The van der Waals surface area contributed by atoms with Crippen LogP contribution in [0.2, 0.25) is 0 Å². The van der Waals surface area contributed by atoms with Gasteiger partial charge in [0.2, 0.25) is 0 Å². The number of carbonyl (C=O) groups is 2. The second-order valence-electron chi connectivity index (χ2n) is 6.45. The van der Waals surface area contributed by atoms with Gasteiger partial charge in [-0.25, -0.2) is 4.79 Å². The molecule has 0 aliphatic carbocycles. The number of amides is 1. The molecule has 0 atom stereocenters. The molecule has 0 saturated heterocycles. The molecule has 0 unspecified atom stereocenters. The van der Waals surface area contributed by atoms with E-state index in [0.29, 0.717) is 41.7 Å². The Morgan fingerprint density at radius 2 is 2.00 bits per heavy atom.